The Balaban J connectivity index is 1.79. The molecule has 0 fully saturated rings. The number of carbonyl (C=O) groups excluding carboxylic acids is 1. The summed E-state index contributed by atoms with van der Waals surface area (Å²) in [5, 5.41) is 8.18. The van der Waals surface area contributed by atoms with Crippen LogP contribution in [0.25, 0.3) is 10.9 Å². The minimum Gasteiger partial charge on any atom is -0.350 e. The van der Waals surface area contributed by atoms with Gasteiger partial charge in [-0.1, -0.05) is 12.1 Å². The van der Waals surface area contributed by atoms with Gasteiger partial charge in [-0.3, -0.25) is 14.5 Å². The van der Waals surface area contributed by atoms with Gasteiger partial charge in [-0.2, -0.15) is 5.10 Å². The smallest absolute Gasteiger partial charge is 0.244 e. The Hall–Kier alpha value is -2.69. The van der Waals surface area contributed by atoms with Crippen molar-refractivity contribution in [2.75, 3.05) is 0 Å². The monoisotopic (exact) mass is 294 g/mol. The predicted molar refractivity (Wildman–Crippen MR) is 85.3 cm³/mol. The van der Waals surface area contributed by atoms with Crippen molar-refractivity contribution in [2.45, 2.75) is 26.4 Å². The van der Waals surface area contributed by atoms with E-state index in [1.165, 1.54) is 0 Å². The molecule has 0 saturated carbocycles. The van der Waals surface area contributed by atoms with E-state index in [0.717, 1.165) is 22.0 Å². The van der Waals surface area contributed by atoms with Gasteiger partial charge < -0.3 is 5.32 Å². The van der Waals surface area contributed by atoms with Crippen LogP contribution in [0.5, 0.6) is 0 Å². The number of benzene rings is 1. The van der Waals surface area contributed by atoms with Gasteiger partial charge in [0.1, 0.15) is 6.04 Å². The van der Waals surface area contributed by atoms with Crippen LogP contribution in [0, 0.1) is 6.92 Å². The number of amides is 1. The second kappa shape index (κ2) is 5.97. The predicted octanol–water partition coefficient (Wildman–Crippen LogP) is 2.62. The number of hydrogen-bond donors (Lipinski definition) is 1. The van der Waals surface area contributed by atoms with Crippen molar-refractivity contribution in [1.82, 2.24) is 20.1 Å². The van der Waals surface area contributed by atoms with Crippen LogP contribution in [0.1, 0.15) is 24.1 Å². The Kier molecular flexibility index (Phi) is 3.87. The molecular formula is C17H18N4O. The third-order valence-corrected chi connectivity index (χ3v) is 3.87. The zero-order chi connectivity index (χ0) is 15.5. The highest BCUT2D eigenvalue weighted by atomic mass is 16.2. The lowest BCUT2D eigenvalue weighted by molar-refractivity contribution is -0.124. The molecule has 0 unspecified atom stereocenters. The van der Waals surface area contributed by atoms with E-state index in [4.69, 9.17) is 0 Å². The molecule has 0 aliphatic heterocycles. The van der Waals surface area contributed by atoms with E-state index in [1.807, 2.05) is 44.2 Å². The van der Waals surface area contributed by atoms with E-state index in [1.54, 1.807) is 23.3 Å². The van der Waals surface area contributed by atoms with E-state index < -0.39 is 0 Å². The second-order valence-electron chi connectivity index (χ2n) is 5.31. The Morgan fingerprint density at radius 1 is 1.27 bits per heavy atom. The van der Waals surface area contributed by atoms with Crippen LogP contribution >= 0.6 is 0 Å². The molecule has 2 aromatic heterocycles. The Morgan fingerprint density at radius 2 is 2.14 bits per heavy atom. The first-order chi connectivity index (χ1) is 10.7. The highest BCUT2D eigenvalue weighted by Crippen LogP contribution is 2.20. The summed E-state index contributed by atoms with van der Waals surface area (Å²) < 4.78 is 1.65. The molecule has 3 rings (SSSR count). The SMILES string of the molecule is Cc1ccc2ncccc2c1CNC(=O)[C@@H](C)n1cccn1. The first-order valence-corrected chi connectivity index (χ1v) is 7.27. The average Bonchev–Trinajstić information content (AvgIpc) is 3.07. The first-order valence-electron chi connectivity index (χ1n) is 7.27. The highest BCUT2D eigenvalue weighted by Gasteiger charge is 2.15. The number of hydrogen-bond acceptors (Lipinski definition) is 3. The summed E-state index contributed by atoms with van der Waals surface area (Å²) in [7, 11) is 0. The fraction of sp³-hybridized carbons (Fsp3) is 0.235. The normalized spacial score (nSPS) is 12.3. The zero-order valence-electron chi connectivity index (χ0n) is 12.7. The number of pyridine rings is 1. The molecule has 1 aromatic carbocycles. The molecule has 1 N–H and O–H groups in total. The molecule has 22 heavy (non-hydrogen) atoms. The van der Waals surface area contributed by atoms with E-state index in [0.29, 0.717) is 6.54 Å². The molecule has 5 heteroatoms. The Bertz CT molecular complexity index is 796. The summed E-state index contributed by atoms with van der Waals surface area (Å²) >= 11 is 0. The van der Waals surface area contributed by atoms with Crippen molar-refractivity contribution in [1.29, 1.82) is 0 Å². The number of aromatic nitrogens is 3. The number of fused-ring (bicyclic) bond motifs is 1. The van der Waals surface area contributed by atoms with Crippen molar-refractivity contribution in [2.24, 2.45) is 0 Å². The summed E-state index contributed by atoms with van der Waals surface area (Å²) in [4.78, 5) is 16.6. The maximum absolute atomic E-state index is 12.3. The molecule has 1 amide bonds. The number of carbonyl (C=O) groups is 1. The third kappa shape index (κ3) is 2.70. The van der Waals surface area contributed by atoms with Gasteiger partial charge in [-0.25, -0.2) is 0 Å². The first kappa shape index (κ1) is 14.3. The summed E-state index contributed by atoms with van der Waals surface area (Å²) in [5.41, 5.74) is 3.19. The molecule has 0 radical (unpaired) electrons. The van der Waals surface area contributed by atoms with Gasteiger partial charge in [0.2, 0.25) is 5.91 Å². The van der Waals surface area contributed by atoms with Crippen LogP contribution in [0.3, 0.4) is 0 Å². The van der Waals surface area contributed by atoms with Crippen molar-refractivity contribution in [3.05, 3.63) is 60.0 Å². The molecule has 0 aliphatic rings. The minimum atomic E-state index is -0.330. The van der Waals surface area contributed by atoms with Crippen molar-refractivity contribution < 1.29 is 4.79 Å². The summed E-state index contributed by atoms with van der Waals surface area (Å²) in [6.07, 6.45) is 5.24. The molecule has 0 saturated heterocycles. The summed E-state index contributed by atoms with van der Waals surface area (Å²) in [6.45, 7) is 4.37. The average molecular weight is 294 g/mol. The Morgan fingerprint density at radius 3 is 2.91 bits per heavy atom. The quantitative estimate of drug-likeness (QED) is 0.804. The lowest BCUT2D eigenvalue weighted by Crippen LogP contribution is -2.31. The third-order valence-electron chi connectivity index (χ3n) is 3.87. The lowest BCUT2D eigenvalue weighted by Gasteiger charge is -2.15. The van der Waals surface area contributed by atoms with Crippen molar-refractivity contribution >= 4 is 16.8 Å². The molecule has 1 atom stereocenters. The maximum atomic E-state index is 12.3. The van der Waals surface area contributed by atoms with Crippen LogP contribution in [-0.4, -0.2) is 20.7 Å². The number of rotatable bonds is 4. The summed E-state index contributed by atoms with van der Waals surface area (Å²) in [6, 6.07) is 9.47. The van der Waals surface area contributed by atoms with E-state index in [-0.39, 0.29) is 11.9 Å². The van der Waals surface area contributed by atoms with Gasteiger partial charge >= 0.3 is 0 Å². The van der Waals surface area contributed by atoms with Gasteiger partial charge in [0.05, 0.1) is 5.52 Å². The highest BCUT2D eigenvalue weighted by molar-refractivity contribution is 5.84. The van der Waals surface area contributed by atoms with Crippen LogP contribution in [0.15, 0.2) is 48.9 Å². The van der Waals surface area contributed by atoms with Crippen LogP contribution in [0.2, 0.25) is 0 Å². The van der Waals surface area contributed by atoms with Crippen molar-refractivity contribution in [3.8, 4) is 0 Å². The standard InChI is InChI=1S/C17H18N4O/c1-12-6-7-16-14(5-3-8-18-16)15(12)11-19-17(22)13(2)21-10-4-9-20-21/h3-10,13H,11H2,1-2H3,(H,19,22)/t13-/m1/s1. The maximum Gasteiger partial charge on any atom is 0.244 e. The number of aryl methyl sites for hydroxylation is 1. The Labute approximate surface area is 129 Å². The molecule has 112 valence electrons. The molecule has 0 bridgehead atoms. The topological polar surface area (TPSA) is 59.8 Å². The van der Waals surface area contributed by atoms with Gasteiger partial charge in [0, 0.05) is 30.5 Å². The van der Waals surface area contributed by atoms with Gasteiger partial charge in [0.15, 0.2) is 0 Å². The molecular weight excluding hydrogens is 276 g/mol. The van der Waals surface area contributed by atoms with Gasteiger partial charge in [-0.05, 0) is 43.2 Å². The lowest BCUT2D eigenvalue weighted by atomic mass is 10.0. The minimum absolute atomic E-state index is 0.0519. The van der Waals surface area contributed by atoms with E-state index in [9.17, 15) is 4.79 Å². The second-order valence-corrected chi connectivity index (χ2v) is 5.31. The zero-order valence-corrected chi connectivity index (χ0v) is 12.7. The van der Waals surface area contributed by atoms with E-state index >= 15 is 0 Å². The van der Waals surface area contributed by atoms with Crippen LogP contribution in [0.4, 0.5) is 0 Å². The molecule has 0 spiro atoms. The van der Waals surface area contributed by atoms with Gasteiger partial charge in [-0.15, -0.1) is 0 Å². The largest absolute Gasteiger partial charge is 0.350 e. The molecule has 0 aliphatic carbocycles. The van der Waals surface area contributed by atoms with Gasteiger partial charge in [0.25, 0.3) is 0 Å². The molecule has 3 aromatic rings. The molecule has 5 nitrogen and oxygen atoms in total. The van der Waals surface area contributed by atoms with Crippen LogP contribution in [-0.2, 0) is 11.3 Å². The summed E-state index contributed by atoms with van der Waals surface area (Å²) in [5.74, 6) is -0.0519. The number of nitrogens with one attached hydrogen (secondary N) is 1. The number of nitrogens with zero attached hydrogens (tertiary/aromatic N) is 3. The fourth-order valence-corrected chi connectivity index (χ4v) is 2.51. The van der Waals surface area contributed by atoms with Crippen molar-refractivity contribution in [3.63, 3.8) is 0 Å². The van der Waals surface area contributed by atoms with E-state index in [2.05, 4.69) is 15.4 Å². The van der Waals surface area contributed by atoms with Crippen LogP contribution < -0.4 is 5.32 Å². The fourth-order valence-electron chi connectivity index (χ4n) is 2.51. The molecule has 2 heterocycles.